The molecule has 0 spiro atoms. The monoisotopic (exact) mass is 299 g/mol. The first-order valence-electron chi connectivity index (χ1n) is 7.37. The van der Waals surface area contributed by atoms with Crippen LogP contribution in [-0.4, -0.2) is 15.8 Å². The zero-order valence-corrected chi connectivity index (χ0v) is 13.0. The van der Waals surface area contributed by atoms with E-state index in [1.165, 1.54) is 11.8 Å². The van der Waals surface area contributed by atoms with Gasteiger partial charge in [0.1, 0.15) is 0 Å². The van der Waals surface area contributed by atoms with Gasteiger partial charge in [-0.3, -0.25) is 4.79 Å². The number of rotatable bonds is 5. The maximum atomic E-state index is 12.1. The Kier molecular flexibility index (Phi) is 4.81. The van der Waals surface area contributed by atoms with E-state index in [1.807, 2.05) is 18.2 Å². The Balaban J connectivity index is 2.10. The molecule has 2 rings (SSSR count). The molecule has 0 radical (unpaired) electrons. The van der Waals surface area contributed by atoms with Gasteiger partial charge in [-0.25, -0.2) is 9.36 Å². The van der Waals surface area contributed by atoms with Crippen LogP contribution in [0.15, 0.2) is 53.5 Å². The molecule has 22 heavy (non-hydrogen) atoms. The molecule has 1 heterocycles. The smallest absolute Gasteiger partial charge is 0.418 e. The average Bonchev–Trinajstić information content (AvgIpc) is 2.48. The van der Waals surface area contributed by atoms with Crippen LogP contribution in [0.3, 0.4) is 0 Å². The molecular weight excluding hydrogens is 278 g/mol. The first-order chi connectivity index (χ1) is 10.4. The van der Waals surface area contributed by atoms with E-state index in [0.29, 0.717) is 12.0 Å². The molecule has 0 aliphatic rings. The van der Waals surface area contributed by atoms with Crippen LogP contribution in [0.4, 0.5) is 4.79 Å². The number of aryl methyl sites for hydroxylation is 1. The summed E-state index contributed by atoms with van der Waals surface area (Å²) < 4.78 is 0.739. The van der Waals surface area contributed by atoms with E-state index in [9.17, 15) is 9.59 Å². The molecule has 2 aromatic rings. The summed E-state index contributed by atoms with van der Waals surface area (Å²) in [6.45, 7) is 4.21. The molecule has 0 unspecified atom stereocenters. The van der Waals surface area contributed by atoms with Crippen LogP contribution in [0.25, 0.3) is 0 Å². The topological polar surface area (TPSA) is 59.3 Å². The van der Waals surface area contributed by atoms with Crippen LogP contribution in [0, 0.1) is 5.41 Å². The van der Waals surface area contributed by atoms with E-state index >= 15 is 0 Å². The molecule has 0 aliphatic heterocycles. The summed E-state index contributed by atoms with van der Waals surface area (Å²) in [7, 11) is 0. The third-order valence-electron chi connectivity index (χ3n) is 3.83. The number of hydrogen-bond donors (Lipinski definition) is 1. The molecule has 0 saturated carbocycles. The lowest BCUT2D eigenvalue weighted by Crippen LogP contribution is -2.30. The van der Waals surface area contributed by atoms with Gasteiger partial charge in [0.2, 0.25) is 0 Å². The number of carbonyl (C=O) groups is 1. The average molecular weight is 299 g/mol. The van der Waals surface area contributed by atoms with Gasteiger partial charge in [-0.2, -0.15) is 0 Å². The fourth-order valence-corrected chi connectivity index (χ4v) is 2.56. The van der Waals surface area contributed by atoms with Crippen molar-refractivity contribution >= 4 is 6.09 Å². The molecule has 1 N–H and O–H groups in total. The molecule has 0 atom stereocenters. The third kappa shape index (κ3) is 4.07. The SMILES string of the molecule is CC(C)(CCc1ccccc1)Cc1cccn(C(=O)O)c1=O. The molecule has 0 fully saturated rings. The summed E-state index contributed by atoms with van der Waals surface area (Å²) in [4.78, 5) is 23.2. The Morgan fingerprint density at radius 1 is 1.14 bits per heavy atom. The van der Waals surface area contributed by atoms with Crippen molar-refractivity contribution in [2.45, 2.75) is 33.1 Å². The molecule has 4 nitrogen and oxygen atoms in total. The van der Waals surface area contributed by atoms with E-state index in [4.69, 9.17) is 5.11 Å². The fourth-order valence-electron chi connectivity index (χ4n) is 2.56. The Hall–Kier alpha value is -2.36. The summed E-state index contributed by atoms with van der Waals surface area (Å²) >= 11 is 0. The first-order valence-corrected chi connectivity index (χ1v) is 7.37. The van der Waals surface area contributed by atoms with Crippen LogP contribution in [0.5, 0.6) is 0 Å². The van der Waals surface area contributed by atoms with E-state index < -0.39 is 11.7 Å². The largest absolute Gasteiger partial charge is 0.464 e. The van der Waals surface area contributed by atoms with Gasteiger partial charge in [0.15, 0.2) is 0 Å². The van der Waals surface area contributed by atoms with Gasteiger partial charge in [0.05, 0.1) is 0 Å². The number of aromatic nitrogens is 1. The standard InChI is InChI=1S/C18H21NO3/c1-18(2,11-10-14-7-4-3-5-8-14)13-15-9-6-12-19(16(15)20)17(21)22/h3-9,12H,10-11,13H2,1-2H3,(H,21,22). The molecule has 4 heteroatoms. The van der Waals surface area contributed by atoms with Crippen LogP contribution >= 0.6 is 0 Å². The molecule has 0 saturated heterocycles. The van der Waals surface area contributed by atoms with E-state index in [-0.39, 0.29) is 5.41 Å². The second kappa shape index (κ2) is 6.60. The van der Waals surface area contributed by atoms with Gasteiger partial charge in [0, 0.05) is 11.8 Å². The minimum absolute atomic E-state index is 0.0767. The molecule has 0 aliphatic carbocycles. The lowest BCUT2D eigenvalue weighted by atomic mass is 9.81. The van der Waals surface area contributed by atoms with Crippen molar-refractivity contribution < 1.29 is 9.90 Å². The molecule has 1 aromatic carbocycles. The minimum atomic E-state index is -1.24. The van der Waals surface area contributed by atoms with Crippen molar-refractivity contribution in [1.82, 2.24) is 4.57 Å². The first kappa shape index (κ1) is 16.0. The minimum Gasteiger partial charge on any atom is -0.464 e. The van der Waals surface area contributed by atoms with Gasteiger partial charge in [-0.05, 0) is 36.3 Å². The Bertz CT molecular complexity index is 702. The van der Waals surface area contributed by atoms with Crippen molar-refractivity contribution in [3.05, 3.63) is 70.1 Å². The van der Waals surface area contributed by atoms with Crippen LogP contribution in [0.2, 0.25) is 0 Å². The highest BCUT2D eigenvalue weighted by Crippen LogP contribution is 2.26. The van der Waals surface area contributed by atoms with Gasteiger partial charge >= 0.3 is 6.09 Å². The van der Waals surface area contributed by atoms with Crippen molar-refractivity contribution in [2.75, 3.05) is 0 Å². The third-order valence-corrected chi connectivity index (χ3v) is 3.83. The highest BCUT2D eigenvalue weighted by molar-refractivity contribution is 5.67. The van der Waals surface area contributed by atoms with Gasteiger partial charge in [-0.15, -0.1) is 0 Å². The zero-order chi connectivity index (χ0) is 16.2. The second-order valence-corrected chi connectivity index (χ2v) is 6.32. The Labute approximate surface area is 130 Å². The van der Waals surface area contributed by atoms with Gasteiger partial charge < -0.3 is 5.11 Å². The predicted molar refractivity (Wildman–Crippen MR) is 86.4 cm³/mol. The highest BCUT2D eigenvalue weighted by Gasteiger charge is 2.21. The van der Waals surface area contributed by atoms with E-state index in [2.05, 4.69) is 26.0 Å². The van der Waals surface area contributed by atoms with Gasteiger partial charge in [0.25, 0.3) is 5.56 Å². The quantitative estimate of drug-likeness (QED) is 0.918. The number of hydrogen-bond acceptors (Lipinski definition) is 2. The van der Waals surface area contributed by atoms with Crippen molar-refractivity contribution in [3.63, 3.8) is 0 Å². The second-order valence-electron chi connectivity index (χ2n) is 6.32. The van der Waals surface area contributed by atoms with E-state index in [0.717, 1.165) is 17.4 Å². The number of nitrogens with zero attached hydrogens (tertiary/aromatic N) is 1. The lowest BCUT2D eigenvalue weighted by Gasteiger charge is -2.24. The summed E-state index contributed by atoms with van der Waals surface area (Å²) in [6, 6.07) is 13.5. The van der Waals surface area contributed by atoms with Crippen LogP contribution < -0.4 is 5.56 Å². The summed E-state index contributed by atoms with van der Waals surface area (Å²) in [5.74, 6) is 0. The van der Waals surface area contributed by atoms with Crippen LogP contribution in [-0.2, 0) is 12.8 Å². The highest BCUT2D eigenvalue weighted by atomic mass is 16.4. The maximum absolute atomic E-state index is 12.1. The number of benzene rings is 1. The molecular formula is C18H21NO3. The summed E-state index contributed by atoms with van der Waals surface area (Å²) in [6.07, 6.45) is 2.47. The van der Waals surface area contributed by atoms with E-state index in [1.54, 1.807) is 12.1 Å². The number of carboxylic acid groups (broad SMARTS) is 1. The zero-order valence-electron chi connectivity index (χ0n) is 13.0. The van der Waals surface area contributed by atoms with Crippen LogP contribution in [0.1, 0.15) is 31.4 Å². The molecule has 0 amide bonds. The molecule has 116 valence electrons. The summed E-state index contributed by atoms with van der Waals surface area (Å²) in [5, 5.41) is 9.00. The van der Waals surface area contributed by atoms with Crippen molar-refractivity contribution in [1.29, 1.82) is 0 Å². The predicted octanol–water partition coefficient (Wildman–Crippen LogP) is 3.58. The molecule has 1 aromatic heterocycles. The maximum Gasteiger partial charge on any atom is 0.418 e. The normalized spacial score (nSPS) is 11.4. The summed E-state index contributed by atoms with van der Waals surface area (Å²) in [5.41, 5.74) is 1.30. The van der Waals surface area contributed by atoms with Crippen molar-refractivity contribution in [3.8, 4) is 0 Å². The molecule has 0 bridgehead atoms. The fraction of sp³-hybridized carbons (Fsp3) is 0.333. The Morgan fingerprint density at radius 3 is 2.45 bits per heavy atom. The lowest BCUT2D eigenvalue weighted by molar-refractivity contribution is 0.195. The number of pyridine rings is 1. The van der Waals surface area contributed by atoms with Crippen molar-refractivity contribution in [2.24, 2.45) is 5.41 Å². The van der Waals surface area contributed by atoms with Gasteiger partial charge in [-0.1, -0.05) is 50.2 Å². The Morgan fingerprint density at radius 2 is 1.82 bits per heavy atom.